The quantitative estimate of drug-likeness (QED) is 0.489. The lowest BCUT2D eigenvalue weighted by molar-refractivity contribution is 0.0934. The number of benzene rings is 2. The van der Waals surface area contributed by atoms with Gasteiger partial charge in [-0.15, -0.1) is 0 Å². The molecule has 2 rings (SSSR count). The molecule has 1 atom stereocenters. The van der Waals surface area contributed by atoms with Crippen LogP contribution in [0, 0.1) is 6.92 Å². The largest absolute Gasteiger partial charge is 0.383 e. The minimum absolute atomic E-state index is 0.0306. The van der Waals surface area contributed by atoms with E-state index in [9.17, 15) is 13.2 Å². The van der Waals surface area contributed by atoms with Gasteiger partial charge in [-0.3, -0.25) is 9.69 Å². The lowest BCUT2D eigenvalue weighted by atomic mass is 10.0. The molecule has 0 saturated heterocycles. The van der Waals surface area contributed by atoms with Gasteiger partial charge < -0.3 is 10.1 Å². The molecule has 0 saturated carbocycles. The number of nitrogens with one attached hydrogen (secondary N) is 2. The molecule has 7 nitrogen and oxygen atoms in total. The minimum Gasteiger partial charge on any atom is -0.383 e. The fourth-order valence-electron chi connectivity index (χ4n) is 3.46. The van der Waals surface area contributed by atoms with Crippen molar-refractivity contribution < 1.29 is 17.9 Å². The number of ether oxygens (including phenoxy) is 1. The van der Waals surface area contributed by atoms with E-state index in [1.807, 2.05) is 18.2 Å². The third kappa shape index (κ3) is 6.87. The Hall–Kier alpha value is -2.26. The van der Waals surface area contributed by atoms with Crippen molar-refractivity contribution in [3.63, 3.8) is 0 Å². The van der Waals surface area contributed by atoms with Crippen molar-refractivity contribution in [3.8, 4) is 0 Å². The lowest BCUT2D eigenvalue weighted by Gasteiger charge is -2.30. The Kier molecular flexibility index (Phi) is 9.64. The predicted molar refractivity (Wildman–Crippen MR) is 123 cm³/mol. The Morgan fingerprint density at radius 3 is 2.39 bits per heavy atom. The Labute approximate surface area is 185 Å². The summed E-state index contributed by atoms with van der Waals surface area (Å²) in [6.07, 6.45) is 0. The highest BCUT2D eigenvalue weighted by molar-refractivity contribution is 7.89. The number of carbonyl (C=O) groups excluding carboxylic acids is 1. The molecule has 0 aliphatic rings. The third-order valence-corrected chi connectivity index (χ3v) is 6.71. The summed E-state index contributed by atoms with van der Waals surface area (Å²) in [5.41, 5.74) is 2.19. The zero-order valence-corrected chi connectivity index (χ0v) is 19.5. The Morgan fingerprint density at radius 1 is 1.10 bits per heavy atom. The van der Waals surface area contributed by atoms with Crippen LogP contribution in [0.5, 0.6) is 0 Å². The van der Waals surface area contributed by atoms with Crippen LogP contribution in [0.2, 0.25) is 0 Å². The number of hydrogen-bond acceptors (Lipinski definition) is 5. The minimum atomic E-state index is -3.72. The molecule has 0 radical (unpaired) electrons. The molecule has 1 amide bonds. The van der Waals surface area contributed by atoms with Gasteiger partial charge in [0, 0.05) is 25.8 Å². The lowest BCUT2D eigenvalue weighted by Crippen LogP contribution is -2.38. The maximum absolute atomic E-state index is 13.0. The molecule has 0 aromatic heterocycles. The predicted octanol–water partition coefficient (Wildman–Crippen LogP) is 2.73. The highest BCUT2D eigenvalue weighted by Crippen LogP contribution is 2.20. The average Bonchev–Trinajstić information content (AvgIpc) is 2.77. The first-order valence-electron chi connectivity index (χ1n) is 10.5. The normalized spacial score (nSPS) is 12.7. The van der Waals surface area contributed by atoms with Crippen LogP contribution in [-0.4, -0.2) is 59.1 Å². The van der Waals surface area contributed by atoms with Crippen LogP contribution >= 0.6 is 0 Å². The fourth-order valence-corrected chi connectivity index (χ4v) is 4.50. The van der Waals surface area contributed by atoms with Crippen molar-refractivity contribution in [2.75, 3.05) is 39.9 Å². The van der Waals surface area contributed by atoms with Crippen LogP contribution in [-0.2, 0) is 14.8 Å². The first-order chi connectivity index (χ1) is 14.8. The van der Waals surface area contributed by atoms with E-state index in [0.717, 1.165) is 18.7 Å². The van der Waals surface area contributed by atoms with Crippen molar-refractivity contribution in [1.29, 1.82) is 0 Å². The van der Waals surface area contributed by atoms with E-state index in [1.165, 1.54) is 19.2 Å². The van der Waals surface area contributed by atoms with E-state index in [0.29, 0.717) is 17.7 Å². The van der Waals surface area contributed by atoms with Crippen molar-refractivity contribution in [2.45, 2.75) is 31.7 Å². The molecular weight excluding hydrogens is 414 g/mol. The van der Waals surface area contributed by atoms with Gasteiger partial charge in [-0.1, -0.05) is 50.2 Å². The average molecular weight is 448 g/mol. The molecule has 0 aliphatic carbocycles. The second kappa shape index (κ2) is 12.0. The summed E-state index contributed by atoms with van der Waals surface area (Å²) in [6, 6.07) is 14.7. The zero-order chi connectivity index (χ0) is 22.9. The number of rotatable bonds is 12. The Balaban J connectivity index is 2.20. The molecule has 0 aliphatic heterocycles. The van der Waals surface area contributed by atoms with Gasteiger partial charge in [0.05, 0.1) is 17.5 Å². The highest BCUT2D eigenvalue weighted by Gasteiger charge is 2.21. The molecule has 2 aromatic carbocycles. The molecule has 31 heavy (non-hydrogen) atoms. The number of amides is 1. The number of hydrogen-bond donors (Lipinski definition) is 2. The van der Waals surface area contributed by atoms with E-state index >= 15 is 0 Å². The third-order valence-electron chi connectivity index (χ3n) is 5.26. The fraction of sp³-hybridized carbons (Fsp3) is 0.435. The van der Waals surface area contributed by atoms with Crippen molar-refractivity contribution in [1.82, 2.24) is 14.9 Å². The Bertz CT molecular complexity index is 945. The Morgan fingerprint density at radius 2 is 1.77 bits per heavy atom. The molecular formula is C23H33N3O4S. The van der Waals surface area contributed by atoms with Gasteiger partial charge in [-0.05, 0) is 43.3 Å². The van der Waals surface area contributed by atoms with Crippen molar-refractivity contribution in [2.24, 2.45) is 0 Å². The SMILES string of the molecule is CCN(CC)C(CNC(=O)c1cc(S(=O)(=O)NCCOC)ccc1C)c1ccccc1. The maximum atomic E-state index is 13.0. The molecule has 0 heterocycles. The number of sulfonamides is 1. The van der Waals surface area contributed by atoms with Gasteiger partial charge in [-0.2, -0.15) is 0 Å². The monoisotopic (exact) mass is 447 g/mol. The van der Waals surface area contributed by atoms with Gasteiger partial charge in [-0.25, -0.2) is 13.1 Å². The van der Waals surface area contributed by atoms with Gasteiger partial charge in [0.1, 0.15) is 0 Å². The molecule has 0 fully saturated rings. The van der Waals surface area contributed by atoms with Crippen molar-refractivity contribution in [3.05, 3.63) is 65.2 Å². The van der Waals surface area contributed by atoms with Crippen LogP contribution < -0.4 is 10.0 Å². The van der Waals surface area contributed by atoms with E-state index in [1.54, 1.807) is 13.0 Å². The summed E-state index contributed by atoms with van der Waals surface area (Å²) in [5.74, 6) is -0.292. The summed E-state index contributed by atoms with van der Waals surface area (Å²) >= 11 is 0. The molecule has 2 N–H and O–H groups in total. The van der Waals surface area contributed by atoms with Gasteiger partial charge in [0.15, 0.2) is 0 Å². The highest BCUT2D eigenvalue weighted by atomic mass is 32.2. The molecule has 170 valence electrons. The molecule has 2 aromatic rings. The number of nitrogens with zero attached hydrogens (tertiary/aromatic N) is 1. The second-order valence-electron chi connectivity index (χ2n) is 7.23. The van der Waals surface area contributed by atoms with Gasteiger partial charge in [0.25, 0.3) is 5.91 Å². The smallest absolute Gasteiger partial charge is 0.251 e. The molecule has 8 heteroatoms. The molecule has 1 unspecified atom stereocenters. The van der Waals surface area contributed by atoms with E-state index < -0.39 is 10.0 Å². The van der Waals surface area contributed by atoms with E-state index in [4.69, 9.17) is 4.74 Å². The van der Waals surface area contributed by atoms with E-state index in [-0.39, 0.29) is 30.0 Å². The first kappa shape index (κ1) is 25.0. The summed E-state index contributed by atoms with van der Waals surface area (Å²) in [4.78, 5) is 15.3. The summed E-state index contributed by atoms with van der Waals surface area (Å²) in [6.45, 7) is 8.54. The van der Waals surface area contributed by atoms with Crippen molar-refractivity contribution >= 4 is 15.9 Å². The molecule has 0 spiro atoms. The maximum Gasteiger partial charge on any atom is 0.251 e. The first-order valence-corrected chi connectivity index (χ1v) is 12.0. The second-order valence-corrected chi connectivity index (χ2v) is 8.99. The number of aryl methyl sites for hydroxylation is 1. The van der Waals surface area contributed by atoms with Crippen LogP contribution in [0.15, 0.2) is 53.4 Å². The zero-order valence-electron chi connectivity index (χ0n) is 18.7. The summed E-state index contributed by atoms with van der Waals surface area (Å²) in [5, 5.41) is 3.00. The standard InChI is InChI=1S/C23H33N3O4S/c1-5-26(6-2)22(19-10-8-7-9-11-19)17-24-23(27)21-16-20(13-12-18(21)3)31(28,29)25-14-15-30-4/h7-13,16,22,25H,5-6,14-15,17H2,1-4H3,(H,24,27). The van der Waals surface area contributed by atoms with Crippen LogP contribution in [0.25, 0.3) is 0 Å². The van der Waals surface area contributed by atoms with E-state index in [2.05, 4.69) is 40.9 Å². The van der Waals surface area contributed by atoms with Crippen LogP contribution in [0.4, 0.5) is 0 Å². The molecule has 0 bridgehead atoms. The summed E-state index contributed by atoms with van der Waals surface area (Å²) < 4.78 is 32.4. The summed E-state index contributed by atoms with van der Waals surface area (Å²) in [7, 11) is -2.22. The van der Waals surface area contributed by atoms with Gasteiger partial charge >= 0.3 is 0 Å². The van der Waals surface area contributed by atoms with Crippen LogP contribution in [0.1, 0.15) is 41.4 Å². The topological polar surface area (TPSA) is 87.7 Å². The number of carbonyl (C=O) groups is 1. The number of likely N-dealkylation sites (N-methyl/N-ethyl adjacent to an activating group) is 1. The number of methoxy groups -OCH3 is 1. The van der Waals surface area contributed by atoms with Gasteiger partial charge in [0.2, 0.25) is 10.0 Å². The van der Waals surface area contributed by atoms with Crippen LogP contribution in [0.3, 0.4) is 0 Å².